The molecule has 2 aromatic rings. The number of hydrogen-bond donors (Lipinski definition) is 2. The third kappa shape index (κ3) is 2.51. The second-order valence-corrected chi connectivity index (χ2v) is 3.12. The Morgan fingerprint density at radius 2 is 2.20 bits per heavy atom. The predicted octanol–water partition coefficient (Wildman–Crippen LogP) is 1.68. The van der Waals surface area contributed by atoms with Crippen LogP contribution in [0.3, 0.4) is 0 Å². The lowest BCUT2D eigenvalue weighted by Gasteiger charge is -2.05. The van der Waals surface area contributed by atoms with Gasteiger partial charge in [0.25, 0.3) is 0 Å². The van der Waals surface area contributed by atoms with Gasteiger partial charge in [-0.2, -0.15) is 0 Å². The molecule has 0 radical (unpaired) electrons. The van der Waals surface area contributed by atoms with Crippen molar-refractivity contribution in [2.24, 2.45) is 5.73 Å². The zero-order valence-electron chi connectivity index (χ0n) is 8.22. The highest BCUT2D eigenvalue weighted by atomic mass is 15.0. The number of benzene rings is 1. The summed E-state index contributed by atoms with van der Waals surface area (Å²) in [6.45, 7) is 0.541. The minimum absolute atomic E-state index is 0.541. The molecule has 0 aliphatic rings. The third-order valence-electron chi connectivity index (χ3n) is 2.02. The van der Waals surface area contributed by atoms with Crippen molar-refractivity contribution in [2.75, 3.05) is 5.32 Å². The summed E-state index contributed by atoms with van der Waals surface area (Å²) in [7, 11) is 0. The first-order valence-electron chi connectivity index (χ1n) is 4.70. The van der Waals surface area contributed by atoms with Crippen molar-refractivity contribution < 1.29 is 0 Å². The molecule has 15 heavy (non-hydrogen) atoms. The average molecular weight is 200 g/mol. The topological polar surface area (TPSA) is 63.8 Å². The van der Waals surface area contributed by atoms with Crippen LogP contribution in [0.15, 0.2) is 42.9 Å². The fraction of sp³-hybridized carbons (Fsp3) is 0.0909. The molecule has 4 heteroatoms. The molecule has 0 aliphatic heterocycles. The van der Waals surface area contributed by atoms with E-state index in [2.05, 4.69) is 15.3 Å². The van der Waals surface area contributed by atoms with Gasteiger partial charge in [-0.05, 0) is 23.8 Å². The van der Waals surface area contributed by atoms with Gasteiger partial charge >= 0.3 is 0 Å². The fourth-order valence-electron chi connectivity index (χ4n) is 1.29. The molecule has 1 aromatic heterocycles. The molecule has 3 N–H and O–H groups in total. The van der Waals surface area contributed by atoms with Crippen LogP contribution in [-0.2, 0) is 6.54 Å². The number of nitrogens with zero attached hydrogens (tertiary/aromatic N) is 2. The number of nitrogens with two attached hydrogens (primary N) is 1. The lowest BCUT2D eigenvalue weighted by atomic mass is 10.2. The van der Waals surface area contributed by atoms with Gasteiger partial charge in [-0.25, -0.2) is 9.97 Å². The largest absolute Gasteiger partial charge is 0.340 e. The predicted molar refractivity (Wildman–Crippen MR) is 59.6 cm³/mol. The van der Waals surface area contributed by atoms with Crippen LogP contribution in [0.4, 0.5) is 11.5 Å². The maximum atomic E-state index is 5.56. The van der Waals surface area contributed by atoms with Crippen LogP contribution in [0.2, 0.25) is 0 Å². The molecule has 0 saturated heterocycles. The van der Waals surface area contributed by atoms with Crippen LogP contribution in [0.5, 0.6) is 0 Å². The van der Waals surface area contributed by atoms with Gasteiger partial charge < -0.3 is 11.1 Å². The maximum Gasteiger partial charge on any atom is 0.133 e. The van der Waals surface area contributed by atoms with Crippen molar-refractivity contribution in [3.8, 4) is 0 Å². The molecule has 0 unspecified atom stereocenters. The molecule has 1 heterocycles. The summed E-state index contributed by atoms with van der Waals surface area (Å²) in [6.07, 6.45) is 3.21. The smallest absolute Gasteiger partial charge is 0.133 e. The molecule has 0 atom stereocenters. The van der Waals surface area contributed by atoms with Crippen LogP contribution in [0.25, 0.3) is 0 Å². The second kappa shape index (κ2) is 4.52. The molecule has 4 nitrogen and oxygen atoms in total. The van der Waals surface area contributed by atoms with E-state index in [1.165, 1.54) is 6.33 Å². The van der Waals surface area contributed by atoms with E-state index in [9.17, 15) is 0 Å². The van der Waals surface area contributed by atoms with Crippen molar-refractivity contribution in [3.05, 3.63) is 48.4 Å². The average Bonchev–Trinajstić information content (AvgIpc) is 2.31. The minimum atomic E-state index is 0.541. The van der Waals surface area contributed by atoms with E-state index in [0.717, 1.165) is 17.1 Å². The van der Waals surface area contributed by atoms with Gasteiger partial charge in [-0.3, -0.25) is 0 Å². The van der Waals surface area contributed by atoms with Crippen molar-refractivity contribution in [1.29, 1.82) is 0 Å². The standard InChI is InChI=1S/C11H12N4/c12-7-9-2-1-3-10(6-9)15-11-4-5-13-8-14-11/h1-6,8H,7,12H2,(H,13,14,15). The number of anilines is 2. The Kier molecular flexibility index (Phi) is 2.90. The van der Waals surface area contributed by atoms with E-state index in [0.29, 0.717) is 6.54 Å². The van der Waals surface area contributed by atoms with E-state index < -0.39 is 0 Å². The summed E-state index contributed by atoms with van der Waals surface area (Å²) in [5, 5.41) is 3.17. The first kappa shape index (κ1) is 9.61. The number of nitrogens with one attached hydrogen (secondary N) is 1. The molecule has 2 rings (SSSR count). The third-order valence-corrected chi connectivity index (χ3v) is 2.02. The van der Waals surface area contributed by atoms with Gasteiger partial charge in [0.1, 0.15) is 12.1 Å². The highest BCUT2D eigenvalue weighted by Gasteiger charge is 1.95. The quantitative estimate of drug-likeness (QED) is 0.791. The molecule has 0 amide bonds. The van der Waals surface area contributed by atoms with Crippen molar-refractivity contribution >= 4 is 11.5 Å². The van der Waals surface area contributed by atoms with Gasteiger partial charge in [-0.15, -0.1) is 0 Å². The first-order chi connectivity index (χ1) is 7.38. The molecular formula is C11H12N4. The Hall–Kier alpha value is -1.94. The van der Waals surface area contributed by atoms with E-state index in [1.807, 2.05) is 30.3 Å². The Bertz CT molecular complexity index is 428. The van der Waals surface area contributed by atoms with Gasteiger partial charge in [0, 0.05) is 18.4 Å². The number of hydrogen-bond acceptors (Lipinski definition) is 4. The lowest BCUT2D eigenvalue weighted by molar-refractivity contribution is 1.07. The minimum Gasteiger partial charge on any atom is -0.340 e. The van der Waals surface area contributed by atoms with Crippen LogP contribution in [0, 0.1) is 0 Å². The molecule has 0 bridgehead atoms. The summed E-state index contributed by atoms with van der Waals surface area (Å²) in [4.78, 5) is 7.93. The van der Waals surface area contributed by atoms with Crippen LogP contribution in [0.1, 0.15) is 5.56 Å². The fourth-order valence-corrected chi connectivity index (χ4v) is 1.29. The normalized spacial score (nSPS) is 9.93. The number of aromatic nitrogens is 2. The first-order valence-corrected chi connectivity index (χ1v) is 4.70. The summed E-state index contributed by atoms with van der Waals surface area (Å²) < 4.78 is 0. The molecule has 0 saturated carbocycles. The summed E-state index contributed by atoms with van der Waals surface area (Å²) >= 11 is 0. The highest BCUT2D eigenvalue weighted by molar-refractivity contribution is 5.56. The zero-order valence-corrected chi connectivity index (χ0v) is 8.22. The zero-order chi connectivity index (χ0) is 10.5. The SMILES string of the molecule is NCc1cccc(Nc2ccncn2)c1. The van der Waals surface area contributed by atoms with E-state index in [-0.39, 0.29) is 0 Å². The van der Waals surface area contributed by atoms with E-state index in [4.69, 9.17) is 5.73 Å². The monoisotopic (exact) mass is 200 g/mol. The molecule has 0 fully saturated rings. The van der Waals surface area contributed by atoms with Gasteiger partial charge in [0.15, 0.2) is 0 Å². The van der Waals surface area contributed by atoms with Gasteiger partial charge in [0.05, 0.1) is 0 Å². The van der Waals surface area contributed by atoms with Crippen molar-refractivity contribution in [3.63, 3.8) is 0 Å². The van der Waals surface area contributed by atoms with Crippen molar-refractivity contribution in [2.45, 2.75) is 6.54 Å². The van der Waals surface area contributed by atoms with Crippen LogP contribution >= 0.6 is 0 Å². The van der Waals surface area contributed by atoms with Crippen LogP contribution in [-0.4, -0.2) is 9.97 Å². The molecule has 0 spiro atoms. The molecular weight excluding hydrogens is 188 g/mol. The second-order valence-electron chi connectivity index (χ2n) is 3.12. The van der Waals surface area contributed by atoms with Crippen molar-refractivity contribution in [1.82, 2.24) is 9.97 Å². The van der Waals surface area contributed by atoms with E-state index >= 15 is 0 Å². The molecule has 1 aromatic carbocycles. The molecule has 0 aliphatic carbocycles. The van der Waals surface area contributed by atoms with Gasteiger partial charge in [-0.1, -0.05) is 12.1 Å². The Balaban J connectivity index is 2.17. The Morgan fingerprint density at radius 3 is 2.93 bits per heavy atom. The highest BCUT2D eigenvalue weighted by Crippen LogP contribution is 2.14. The van der Waals surface area contributed by atoms with Gasteiger partial charge in [0.2, 0.25) is 0 Å². The van der Waals surface area contributed by atoms with Crippen LogP contribution < -0.4 is 11.1 Å². The summed E-state index contributed by atoms with van der Waals surface area (Å²) in [6, 6.07) is 9.75. The Labute approximate surface area is 88.2 Å². The number of rotatable bonds is 3. The van der Waals surface area contributed by atoms with E-state index in [1.54, 1.807) is 6.20 Å². The summed E-state index contributed by atoms with van der Waals surface area (Å²) in [5.41, 5.74) is 7.63. The maximum absolute atomic E-state index is 5.56. The molecule has 76 valence electrons. The Morgan fingerprint density at radius 1 is 1.27 bits per heavy atom. The summed E-state index contributed by atoms with van der Waals surface area (Å²) in [5.74, 6) is 0.777. The lowest BCUT2D eigenvalue weighted by Crippen LogP contribution is -1.98.